The number of H-pyrrole nitrogens is 1. The fraction of sp³-hybridized carbons (Fsp3) is 0.333. The molecule has 13 heteroatoms. The zero-order valence-corrected chi connectivity index (χ0v) is 20.6. The molecule has 1 aliphatic heterocycles. The van der Waals surface area contributed by atoms with Crippen LogP contribution in [-0.4, -0.2) is 64.1 Å². The minimum Gasteiger partial charge on any atom is -0.370 e. The van der Waals surface area contributed by atoms with E-state index in [4.69, 9.17) is 4.74 Å². The van der Waals surface area contributed by atoms with E-state index in [1.165, 1.54) is 11.3 Å². The Morgan fingerprint density at radius 3 is 2.85 bits per heavy atom. The minimum absolute atomic E-state index is 0.0560. The number of aryl methyl sites for hydroxylation is 2. The lowest BCUT2D eigenvalue weighted by atomic mass is 10.1. The molecule has 1 atom stereocenters. The average molecular weight is 548 g/mol. The van der Waals surface area contributed by atoms with Crippen LogP contribution in [0.3, 0.4) is 0 Å². The van der Waals surface area contributed by atoms with Crippen molar-refractivity contribution in [2.45, 2.75) is 25.8 Å². The first-order valence-electron chi connectivity index (χ1n) is 10.5. The molecule has 1 fully saturated rings. The predicted molar refractivity (Wildman–Crippen MR) is 129 cm³/mol. The summed E-state index contributed by atoms with van der Waals surface area (Å²) in [4.78, 5) is 40.1. The smallest absolute Gasteiger partial charge is 0.262 e. The summed E-state index contributed by atoms with van der Waals surface area (Å²) in [6.45, 7) is 2.89. The summed E-state index contributed by atoms with van der Waals surface area (Å²) in [7, 11) is 0. The molecule has 4 rings (SSSR count). The Kier molecular flexibility index (Phi) is 7.65. The number of rotatable bonds is 8. The maximum atomic E-state index is 13.1. The summed E-state index contributed by atoms with van der Waals surface area (Å²) in [5, 5.41) is 19.4. The summed E-state index contributed by atoms with van der Waals surface area (Å²) >= 11 is 4.62. The Balaban J connectivity index is 1.47. The summed E-state index contributed by atoms with van der Waals surface area (Å²) in [6, 6.07) is 7.96. The monoisotopic (exact) mass is 547 g/mol. The first kappa shape index (κ1) is 24.0. The maximum absolute atomic E-state index is 13.1. The summed E-state index contributed by atoms with van der Waals surface area (Å²) in [6.07, 6.45) is 0.628. The van der Waals surface area contributed by atoms with Crippen molar-refractivity contribution in [3.05, 3.63) is 50.4 Å². The Hall–Kier alpha value is -3.16. The second kappa shape index (κ2) is 10.8. The van der Waals surface area contributed by atoms with E-state index < -0.39 is 6.04 Å². The molecular formula is C21H22BrN7O4S. The number of hydrogen-bond acceptors (Lipinski definition) is 8. The highest BCUT2D eigenvalue weighted by Gasteiger charge is 2.25. The molecule has 1 aliphatic rings. The molecule has 1 saturated heterocycles. The van der Waals surface area contributed by atoms with E-state index in [1.807, 2.05) is 6.92 Å². The van der Waals surface area contributed by atoms with Gasteiger partial charge in [-0.1, -0.05) is 5.21 Å². The van der Waals surface area contributed by atoms with Crippen molar-refractivity contribution in [3.63, 3.8) is 0 Å². The van der Waals surface area contributed by atoms with Gasteiger partial charge in [0, 0.05) is 24.3 Å². The topological polar surface area (TPSA) is 142 Å². The molecule has 3 amide bonds. The zero-order valence-electron chi connectivity index (χ0n) is 18.2. The van der Waals surface area contributed by atoms with E-state index in [1.54, 1.807) is 35.2 Å². The van der Waals surface area contributed by atoms with E-state index in [-0.39, 0.29) is 30.7 Å². The number of benzene rings is 1. The Morgan fingerprint density at radius 1 is 1.32 bits per heavy atom. The number of morpholine rings is 1. The van der Waals surface area contributed by atoms with Gasteiger partial charge in [-0.2, -0.15) is 5.21 Å². The highest BCUT2D eigenvalue weighted by atomic mass is 79.9. The number of hydrogen-bond donors (Lipinski definition) is 3. The third-order valence-electron chi connectivity index (χ3n) is 5.21. The lowest BCUT2D eigenvalue weighted by molar-refractivity contribution is -0.125. The minimum atomic E-state index is -0.826. The van der Waals surface area contributed by atoms with Crippen molar-refractivity contribution in [3.8, 4) is 0 Å². The molecule has 0 aliphatic carbocycles. The summed E-state index contributed by atoms with van der Waals surface area (Å²) in [5.41, 5.74) is 2.17. The third kappa shape index (κ3) is 5.85. The first-order chi connectivity index (χ1) is 16.4. The largest absolute Gasteiger partial charge is 0.370 e. The molecule has 0 saturated carbocycles. The standard InChI is InChI=1S/C21H22BrN7O4S/c1-12-10-13(2-4-15(12)29-8-9-33-11-19(29)30)23-20(31)14(3-7-18-25-27-28-26-18)24-21(32)16-5-6-17(22)34-16/h2,4-6,10,14H,3,7-9,11H2,1H3,(H,23,31)(H,24,32)(H,25,26,27,28). The zero-order chi connectivity index (χ0) is 24.1. The number of tetrazole rings is 1. The third-order valence-corrected chi connectivity index (χ3v) is 6.83. The number of carbonyl (C=O) groups excluding carboxylic acids is 3. The number of thiophene rings is 1. The van der Waals surface area contributed by atoms with E-state index in [0.29, 0.717) is 36.0 Å². The SMILES string of the molecule is Cc1cc(NC(=O)C(CCc2nn[nH]n2)NC(=O)c2ccc(Br)s2)ccc1N1CCOCC1=O. The molecule has 1 unspecified atom stereocenters. The first-order valence-corrected chi connectivity index (χ1v) is 12.1. The number of aromatic amines is 1. The van der Waals surface area contributed by atoms with Crippen LogP contribution in [0.1, 0.15) is 27.5 Å². The van der Waals surface area contributed by atoms with E-state index in [0.717, 1.165) is 15.0 Å². The average Bonchev–Trinajstić information content (AvgIpc) is 3.49. The fourth-order valence-corrected chi connectivity index (χ4v) is 4.82. The van der Waals surface area contributed by atoms with Gasteiger partial charge in [-0.05, 0) is 65.2 Å². The van der Waals surface area contributed by atoms with Gasteiger partial charge in [-0.15, -0.1) is 21.5 Å². The fourth-order valence-electron chi connectivity index (χ4n) is 3.53. The number of nitrogens with one attached hydrogen (secondary N) is 3. The van der Waals surface area contributed by atoms with Gasteiger partial charge >= 0.3 is 0 Å². The van der Waals surface area contributed by atoms with Crippen molar-refractivity contribution in [1.82, 2.24) is 25.9 Å². The van der Waals surface area contributed by atoms with E-state index in [2.05, 4.69) is 47.2 Å². The van der Waals surface area contributed by atoms with Crippen LogP contribution < -0.4 is 15.5 Å². The number of halogens is 1. The lowest BCUT2D eigenvalue weighted by Crippen LogP contribution is -2.44. The molecule has 3 heterocycles. The van der Waals surface area contributed by atoms with Gasteiger partial charge in [0.25, 0.3) is 11.8 Å². The number of aromatic nitrogens is 4. The Labute approximate surface area is 207 Å². The molecule has 1 aromatic carbocycles. The molecule has 0 spiro atoms. The predicted octanol–water partition coefficient (Wildman–Crippen LogP) is 2.07. The van der Waals surface area contributed by atoms with Crippen molar-refractivity contribution in [1.29, 1.82) is 0 Å². The molecule has 178 valence electrons. The van der Waals surface area contributed by atoms with Crippen molar-refractivity contribution >= 4 is 56.4 Å². The van der Waals surface area contributed by atoms with Crippen LogP contribution in [0.25, 0.3) is 0 Å². The summed E-state index contributed by atoms with van der Waals surface area (Å²) in [5.74, 6) is -0.375. The van der Waals surface area contributed by atoms with Crippen LogP contribution >= 0.6 is 27.3 Å². The second-order valence-corrected chi connectivity index (χ2v) is 10.0. The van der Waals surface area contributed by atoms with Gasteiger partial charge in [0.1, 0.15) is 12.6 Å². The number of ether oxygens (including phenoxy) is 1. The Bertz CT molecular complexity index is 1180. The van der Waals surface area contributed by atoms with Gasteiger partial charge in [0.15, 0.2) is 5.82 Å². The van der Waals surface area contributed by atoms with Gasteiger partial charge in [0.2, 0.25) is 5.91 Å². The van der Waals surface area contributed by atoms with Crippen LogP contribution in [0.4, 0.5) is 11.4 Å². The highest BCUT2D eigenvalue weighted by Crippen LogP contribution is 2.25. The molecule has 0 radical (unpaired) electrons. The molecular weight excluding hydrogens is 526 g/mol. The van der Waals surface area contributed by atoms with Gasteiger partial charge in [-0.3, -0.25) is 14.4 Å². The van der Waals surface area contributed by atoms with Crippen LogP contribution in [0.2, 0.25) is 0 Å². The lowest BCUT2D eigenvalue weighted by Gasteiger charge is -2.28. The molecule has 0 bridgehead atoms. The van der Waals surface area contributed by atoms with Crippen LogP contribution in [-0.2, 0) is 20.7 Å². The molecule has 2 aromatic heterocycles. The number of nitrogens with zero attached hydrogens (tertiary/aromatic N) is 4. The maximum Gasteiger partial charge on any atom is 0.262 e. The number of anilines is 2. The quantitative estimate of drug-likeness (QED) is 0.391. The molecule has 3 N–H and O–H groups in total. The van der Waals surface area contributed by atoms with Gasteiger partial charge < -0.3 is 20.3 Å². The van der Waals surface area contributed by atoms with E-state index >= 15 is 0 Å². The molecule has 11 nitrogen and oxygen atoms in total. The normalized spacial score (nSPS) is 14.6. The second-order valence-electron chi connectivity index (χ2n) is 7.58. The van der Waals surface area contributed by atoms with Gasteiger partial charge in [-0.25, -0.2) is 0 Å². The van der Waals surface area contributed by atoms with Crippen LogP contribution in [0.15, 0.2) is 34.1 Å². The Morgan fingerprint density at radius 2 is 2.18 bits per heavy atom. The van der Waals surface area contributed by atoms with E-state index in [9.17, 15) is 14.4 Å². The van der Waals surface area contributed by atoms with Gasteiger partial charge in [0.05, 0.1) is 15.3 Å². The van der Waals surface area contributed by atoms with Crippen molar-refractivity contribution < 1.29 is 19.1 Å². The number of amides is 3. The number of carbonyl (C=O) groups is 3. The summed E-state index contributed by atoms with van der Waals surface area (Å²) < 4.78 is 6.01. The van der Waals surface area contributed by atoms with Crippen LogP contribution in [0, 0.1) is 6.92 Å². The van der Waals surface area contributed by atoms with Crippen molar-refractivity contribution in [2.75, 3.05) is 30.0 Å². The van der Waals surface area contributed by atoms with Crippen LogP contribution in [0.5, 0.6) is 0 Å². The highest BCUT2D eigenvalue weighted by molar-refractivity contribution is 9.11. The van der Waals surface area contributed by atoms with Crippen molar-refractivity contribution in [2.24, 2.45) is 0 Å². The molecule has 3 aromatic rings. The molecule has 34 heavy (non-hydrogen) atoms.